The van der Waals surface area contributed by atoms with Crippen molar-refractivity contribution in [2.75, 3.05) is 30.4 Å². The van der Waals surface area contributed by atoms with Crippen molar-refractivity contribution < 1.29 is 9.53 Å². The lowest BCUT2D eigenvalue weighted by molar-refractivity contribution is 0.249. The molecule has 0 radical (unpaired) electrons. The normalized spacial score (nSPS) is 17.9. The van der Waals surface area contributed by atoms with Crippen LogP contribution in [0.4, 0.5) is 16.2 Å². The monoisotopic (exact) mass is 367 g/mol. The van der Waals surface area contributed by atoms with E-state index in [0.29, 0.717) is 11.4 Å². The molecule has 1 heterocycles. The Balaban J connectivity index is 1.57. The Bertz CT molecular complexity index is 760. The number of anilines is 2. The van der Waals surface area contributed by atoms with E-state index in [4.69, 9.17) is 4.74 Å². The van der Waals surface area contributed by atoms with E-state index < -0.39 is 0 Å². The predicted molar refractivity (Wildman–Crippen MR) is 111 cm³/mol. The van der Waals surface area contributed by atoms with E-state index in [-0.39, 0.29) is 12.1 Å². The lowest BCUT2D eigenvalue weighted by Gasteiger charge is -2.33. The summed E-state index contributed by atoms with van der Waals surface area (Å²) in [6.45, 7) is 6.55. The maximum Gasteiger partial charge on any atom is 0.319 e. The number of rotatable bonds is 5. The summed E-state index contributed by atoms with van der Waals surface area (Å²) >= 11 is 0. The van der Waals surface area contributed by atoms with Crippen LogP contribution in [0, 0.1) is 5.92 Å². The maximum absolute atomic E-state index is 12.3. The van der Waals surface area contributed by atoms with Crippen molar-refractivity contribution in [3.8, 4) is 5.75 Å². The van der Waals surface area contributed by atoms with E-state index in [1.807, 2.05) is 25.1 Å². The third kappa shape index (κ3) is 5.16. The van der Waals surface area contributed by atoms with Gasteiger partial charge in [0.15, 0.2) is 0 Å². The molecule has 2 aromatic carbocycles. The third-order valence-corrected chi connectivity index (χ3v) is 5.09. The molecule has 0 saturated carbocycles. The molecule has 2 N–H and O–H groups in total. The highest BCUT2D eigenvalue weighted by molar-refractivity contribution is 5.89. The number of ether oxygens (including phenoxy) is 1. The van der Waals surface area contributed by atoms with Crippen LogP contribution in [-0.4, -0.2) is 26.2 Å². The van der Waals surface area contributed by atoms with Gasteiger partial charge >= 0.3 is 6.03 Å². The summed E-state index contributed by atoms with van der Waals surface area (Å²) in [5.74, 6) is 1.46. The molecule has 27 heavy (non-hydrogen) atoms. The first-order valence-electron chi connectivity index (χ1n) is 9.61. The molecule has 2 aromatic rings. The van der Waals surface area contributed by atoms with Gasteiger partial charge in [0.2, 0.25) is 0 Å². The van der Waals surface area contributed by atoms with Crippen LogP contribution in [0.2, 0.25) is 0 Å². The van der Waals surface area contributed by atoms with Crippen molar-refractivity contribution in [3.63, 3.8) is 0 Å². The molecule has 5 heteroatoms. The Morgan fingerprint density at radius 2 is 2.00 bits per heavy atom. The van der Waals surface area contributed by atoms with Crippen LogP contribution in [0.5, 0.6) is 5.75 Å². The number of hydrogen-bond donors (Lipinski definition) is 2. The first-order chi connectivity index (χ1) is 13.0. The van der Waals surface area contributed by atoms with Crippen LogP contribution < -0.4 is 20.3 Å². The number of urea groups is 1. The van der Waals surface area contributed by atoms with E-state index in [9.17, 15) is 4.79 Å². The summed E-state index contributed by atoms with van der Waals surface area (Å²) in [5.41, 5.74) is 3.05. The molecule has 1 fully saturated rings. The van der Waals surface area contributed by atoms with Crippen LogP contribution >= 0.6 is 0 Å². The van der Waals surface area contributed by atoms with Gasteiger partial charge in [-0.05, 0) is 55.5 Å². The summed E-state index contributed by atoms with van der Waals surface area (Å²) < 4.78 is 5.18. The molecule has 3 rings (SSSR count). The van der Waals surface area contributed by atoms with E-state index in [1.54, 1.807) is 13.2 Å². The molecular formula is C22H29N3O2. The van der Waals surface area contributed by atoms with E-state index >= 15 is 0 Å². The van der Waals surface area contributed by atoms with Gasteiger partial charge in [-0.15, -0.1) is 0 Å². The number of piperidine rings is 1. The van der Waals surface area contributed by atoms with Crippen molar-refractivity contribution in [3.05, 3.63) is 54.1 Å². The van der Waals surface area contributed by atoms with Crippen LogP contribution in [0.25, 0.3) is 0 Å². The molecular weight excluding hydrogens is 338 g/mol. The largest absolute Gasteiger partial charge is 0.497 e. The van der Waals surface area contributed by atoms with Crippen LogP contribution in [0.15, 0.2) is 48.5 Å². The van der Waals surface area contributed by atoms with E-state index in [1.165, 1.54) is 18.5 Å². The second kappa shape index (κ2) is 8.80. The summed E-state index contributed by atoms with van der Waals surface area (Å²) in [4.78, 5) is 14.7. The number of carbonyl (C=O) groups is 1. The molecule has 0 spiro atoms. The zero-order valence-electron chi connectivity index (χ0n) is 16.4. The molecule has 2 amide bonds. The minimum Gasteiger partial charge on any atom is -0.497 e. The van der Waals surface area contributed by atoms with Gasteiger partial charge in [0.05, 0.1) is 13.2 Å². The smallest absolute Gasteiger partial charge is 0.319 e. The summed E-state index contributed by atoms with van der Waals surface area (Å²) in [5, 5.41) is 5.83. The van der Waals surface area contributed by atoms with Crippen molar-refractivity contribution in [2.45, 2.75) is 32.7 Å². The second-order valence-electron chi connectivity index (χ2n) is 7.34. The van der Waals surface area contributed by atoms with E-state index in [2.05, 4.69) is 46.7 Å². The zero-order valence-corrected chi connectivity index (χ0v) is 16.4. The van der Waals surface area contributed by atoms with Crippen LogP contribution in [0.1, 0.15) is 38.3 Å². The highest BCUT2D eigenvalue weighted by Gasteiger charge is 2.17. The first-order valence-corrected chi connectivity index (χ1v) is 9.61. The highest BCUT2D eigenvalue weighted by Crippen LogP contribution is 2.24. The average molecular weight is 367 g/mol. The molecule has 144 valence electrons. The number of nitrogens with one attached hydrogen (secondary N) is 2. The molecule has 0 aliphatic carbocycles. The van der Waals surface area contributed by atoms with Gasteiger partial charge in [0, 0.05) is 30.5 Å². The van der Waals surface area contributed by atoms with Gasteiger partial charge in [-0.25, -0.2) is 4.79 Å². The lowest BCUT2D eigenvalue weighted by atomic mass is 9.99. The molecule has 1 aliphatic rings. The number of amides is 2. The molecule has 5 nitrogen and oxygen atoms in total. The van der Waals surface area contributed by atoms with E-state index in [0.717, 1.165) is 24.6 Å². The Hall–Kier alpha value is -2.69. The van der Waals surface area contributed by atoms with Gasteiger partial charge < -0.3 is 20.3 Å². The Morgan fingerprint density at radius 3 is 2.70 bits per heavy atom. The van der Waals surface area contributed by atoms with Crippen LogP contribution in [-0.2, 0) is 0 Å². The fraction of sp³-hybridized carbons (Fsp3) is 0.409. The quantitative estimate of drug-likeness (QED) is 0.797. The minimum absolute atomic E-state index is 0.0788. The van der Waals surface area contributed by atoms with Gasteiger partial charge in [0.25, 0.3) is 0 Å². The lowest BCUT2D eigenvalue weighted by Crippen LogP contribution is -2.34. The topological polar surface area (TPSA) is 53.6 Å². The Kier molecular flexibility index (Phi) is 6.22. The molecule has 1 saturated heterocycles. The van der Waals surface area contributed by atoms with Crippen molar-refractivity contribution in [2.24, 2.45) is 5.92 Å². The standard InChI is InChI=1S/C22H29N3O2/c1-16-6-5-13-25(15-16)20-11-9-18(10-12-20)17(2)23-22(26)24-19-7-4-8-21(14-19)27-3/h4,7-12,14,16-17H,5-6,13,15H2,1-3H3,(H2,23,24,26)/t16-,17+/m1/s1. The number of hydrogen-bond acceptors (Lipinski definition) is 3. The number of benzene rings is 2. The summed E-state index contributed by atoms with van der Waals surface area (Å²) in [7, 11) is 1.61. The Morgan fingerprint density at radius 1 is 1.22 bits per heavy atom. The maximum atomic E-state index is 12.3. The van der Waals surface area contributed by atoms with Gasteiger partial charge in [-0.3, -0.25) is 0 Å². The molecule has 0 bridgehead atoms. The van der Waals surface area contributed by atoms with Crippen LogP contribution in [0.3, 0.4) is 0 Å². The SMILES string of the molecule is COc1cccc(NC(=O)N[C@@H](C)c2ccc(N3CCC[C@@H](C)C3)cc2)c1. The summed E-state index contributed by atoms with van der Waals surface area (Å²) in [6, 6.07) is 15.5. The van der Waals surface area contributed by atoms with Crippen molar-refractivity contribution in [1.29, 1.82) is 0 Å². The van der Waals surface area contributed by atoms with Crippen molar-refractivity contribution in [1.82, 2.24) is 5.32 Å². The average Bonchev–Trinajstić information content (AvgIpc) is 2.68. The molecule has 0 unspecified atom stereocenters. The highest BCUT2D eigenvalue weighted by atomic mass is 16.5. The predicted octanol–water partition coefficient (Wildman–Crippen LogP) is 4.81. The minimum atomic E-state index is -0.232. The fourth-order valence-corrected chi connectivity index (χ4v) is 3.55. The molecule has 1 aliphatic heterocycles. The molecule has 0 aromatic heterocycles. The second-order valence-corrected chi connectivity index (χ2v) is 7.34. The van der Waals surface area contributed by atoms with Gasteiger partial charge in [-0.1, -0.05) is 25.1 Å². The van der Waals surface area contributed by atoms with Gasteiger partial charge in [0.1, 0.15) is 5.75 Å². The van der Waals surface area contributed by atoms with Crippen molar-refractivity contribution >= 4 is 17.4 Å². The third-order valence-electron chi connectivity index (χ3n) is 5.09. The molecule has 2 atom stereocenters. The number of carbonyl (C=O) groups excluding carboxylic acids is 1. The number of methoxy groups -OCH3 is 1. The van der Waals surface area contributed by atoms with Gasteiger partial charge in [-0.2, -0.15) is 0 Å². The zero-order chi connectivity index (χ0) is 19.2. The fourth-order valence-electron chi connectivity index (χ4n) is 3.55. The first kappa shape index (κ1) is 19.1. The number of nitrogens with zero attached hydrogens (tertiary/aromatic N) is 1. The summed E-state index contributed by atoms with van der Waals surface area (Å²) in [6.07, 6.45) is 2.57. The Labute approximate surface area is 161 Å².